The number of hydrogen-bond donors (Lipinski definition) is 2. The van der Waals surface area contributed by atoms with Gasteiger partial charge in [0.15, 0.2) is 11.6 Å². The predicted molar refractivity (Wildman–Crippen MR) is 112 cm³/mol. The minimum absolute atomic E-state index is 0.00112. The average Bonchev–Trinajstić information content (AvgIpc) is 3.40. The fourth-order valence-electron chi connectivity index (χ4n) is 3.69. The maximum atomic E-state index is 15.3. The number of fused-ring (bicyclic) bond motifs is 1. The van der Waals surface area contributed by atoms with Gasteiger partial charge >= 0.3 is 0 Å². The number of halogens is 1. The van der Waals surface area contributed by atoms with Gasteiger partial charge in [-0.1, -0.05) is 0 Å². The van der Waals surface area contributed by atoms with Crippen molar-refractivity contribution in [2.24, 2.45) is 0 Å². The number of benzene rings is 1. The number of hydrogen-bond acceptors (Lipinski definition) is 7. The molecular formula is C21H22FN3O5S. The fourth-order valence-corrected chi connectivity index (χ4v) is 4.38. The highest BCUT2D eigenvalue weighted by Gasteiger charge is 2.34. The number of ether oxygens (including phenoxy) is 1. The molecule has 10 heteroatoms. The SMILES string of the molecule is Cc1ncsc1COc1ccc2oc(C)c(C(=O)NC3CCN(CCO)C3=O)c2c1F. The van der Waals surface area contributed by atoms with E-state index < -0.39 is 17.8 Å². The highest BCUT2D eigenvalue weighted by atomic mass is 32.1. The first-order chi connectivity index (χ1) is 14.9. The summed E-state index contributed by atoms with van der Waals surface area (Å²) in [5.41, 5.74) is 2.78. The largest absolute Gasteiger partial charge is 0.485 e. The van der Waals surface area contributed by atoms with E-state index in [4.69, 9.17) is 14.3 Å². The summed E-state index contributed by atoms with van der Waals surface area (Å²) in [7, 11) is 0. The van der Waals surface area contributed by atoms with Gasteiger partial charge in [0.2, 0.25) is 5.91 Å². The summed E-state index contributed by atoms with van der Waals surface area (Å²) in [6.07, 6.45) is 0.421. The van der Waals surface area contributed by atoms with Crippen molar-refractivity contribution in [2.45, 2.75) is 32.9 Å². The van der Waals surface area contributed by atoms with Crippen molar-refractivity contribution in [1.29, 1.82) is 0 Å². The van der Waals surface area contributed by atoms with Crippen molar-refractivity contribution in [3.05, 3.63) is 45.4 Å². The fraction of sp³-hybridized carbons (Fsp3) is 0.381. The van der Waals surface area contributed by atoms with Gasteiger partial charge in [-0.25, -0.2) is 9.37 Å². The zero-order chi connectivity index (χ0) is 22.1. The van der Waals surface area contributed by atoms with E-state index in [-0.39, 0.29) is 53.7 Å². The average molecular weight is 447 g/mol. The molecule has 31 heavy (non-hydrogen) atoms. The number of aliphatic hydroxyl groups is 1. The second-order valence-corrected chi connectivity index (χ2v) is 8.24. The van der Waals surface area contributed by atoms with E-state index in [0.717, 1.165) is 10.6 Å². The number of carbonyl (C=O) groups excluding carboxylic acids is 2. The van der Waals surface area contributed by atoms with Crippen molar-refractivity contribution < 1.29 is 28.2 Å². The Balaban J connectivity index is 1.58. The van der Waals surface area contributed by atoms with Crippen molar-refractivity contribution in [1.82, 2.24) is 15.2 Å². The number of carbonyl (C=O) groups is 2. The molecule has 4 rings (SSSR count). The summed E-state index contributed by atoms with van der Waals surface area (Å²) in [4.78, 5) is 31.8. The van der Waals surface area contributed by atoms with Crippen molar-refractivity contribution in [3.63, 3.8) is 0 Å². The molecule has 2 amide bonds. The van der Waals surface area contributed by atoms with Crippen molar-refractivity contribution in [3.8, 4) is 5.75 Å². The molecule has 1 unspecified atom stereocenters. The van der Waals surface area contributed by atoms with Gasteiger partial charge in [0.05, 0.1) is 33.6 Å². The van der Waals surface area contributed by atoms with Crippen LogP contribution in [0.15, 0.2) is 22.1 Å². The van der Waals surface area contributed by atoms with Gasteiger partial charge in [0.1, 0.15) is 24.0 Å². The molecule has 0 bridgehead atoms. The number of aryl methyl sites for hydroxylation is 2. The van der Waals surface area contributed by atoms with Gasteiger partial charge < -0.3 is 24.5 Å². The number of amides is 2. The molecule has 1 aliphatic rings. The van der Waals surface area contributed by atoms with Crippen LogP contribution in [-0.2, 0) is 11.4 Å². The first kappa shape index (κ1) is 21.3. The molecule has 0 saturated carbocycles. The Morgan fingerprint density at radius 1 is 1.45 bits per heavy atom. The number of thiazole rings is 1. The number of rotatable bonds is 7. The van der Waals surface area contributed by atoms with Crippen LogP contribution in [0.5, 0.6) is 5.75 Å². The van der Waals surface area contributed by atoms with E-state index in [0.29, 0.717) is 13.0 Å². The molecule has 0 spiro atoms. The summed E-state index contributed by atoms with van der Waals surface area (Å²) in [6, 6.07) is 2.30. The molecule has 3 heterocycles. The molecule has 2 aromatic heterocycles. The second kappa shape index (κ2) is 8.64. The van der Waals surface area contributed by atoms with Crippen molar-refractivity contribution in [2.75, 3.05) is 19.7 Å². The lowest BCUT2D eigenvalue weighted by molar-refractivity contribution is -0.129. The standard InChI is InChI=1S/C21H22FN3O5S/c1-11-16(31-10-23-11)9-29-15-4-3-14-18(19(15)22)17(12(2)30-14)20(27)24-13-5-6-25(7-8-26)21(13)28/h3-4,10,13,26H,5-9H2,1-2H3,(H,24,27). The monoisotopic (exact) mass is 447 g/mol. The molecule has 8 nitrogen and oxygen atoms in total. The third-order valence-corrected chi connectivity index (χ3v) is 6.25. The number of β-amino-alcohol motifs (C(OH)–C–C–N with tert-alkyl or cyclic N) is 1. The smallest absolute Gasteiger partial charge is 0.256 e. The van der Waals surface area contributed by atoms with Gasteiger partial charge in [-0.05, 0) is 32.4 Å². The lowest BCUT2D eigenvalue weighted by Crippen LogP contribution is -2.42. The zero-order valence-electron chi connectivity index (χ0n) is 17.1. The van der Waals surface area contributed by atoms with E-state index in [2.05, 4.69) is 10.3 Å². The predicted octanol–water partition coefficient (Wildman–Crippen LogP) is 2.55. The first-order valence-electron chi connectivity index (χ1n) is 9.84. The van der Waals surface area contributed by atoms with Gasteiger partial charge in [0.25, 0.3) is 5.91 Å². The number of furan rings is 1. The van der Waals surface area contributed by atoms with Crippen LogP contribution in [0.4, 0.5) is 4.39 Å². The molecule has 164 valence electrons. The Hall–Kier alpha value is -2.98. The van der Waals surface area contributed by atoms with Crippen molar-refractivity contribution >= 4 is 34.1 Å². The van der Waals surface area contributed by atoms with Gasteiger partial charge in [-0.3, -0.25) is 9.59 Å². The van der Waals surface area contributed by atoms with Crippen LogP contribution in [0.3, 0.4) is 0 Å². The number of likely N-dealkylation sites (tertiary alicyclic amines) is 1. The van der Waals surface area contributed by atoms with Crippen LogP contribution in [0.25, 0.3) is 11.0 Å². The molecule has 0 aliphatic carbocycles. The van der Waals surface area contributed by atoms with Crippen LogP contribution in [0.2, 0.25) is 0 Å². The number of aromatic nitrogens is 1. The third kappa shape index (κ3) is 4.00. The summed E-state index contributed by atoms with van der Waals surface area (Å²) in [5, 5.41) is 11.7. The maximum Gasteiger partial charge on any atom is 0.256 e. The normalized spacial score (nSPS) is 16.3. The Labute approximate surface area is 181 Å². The van der Waals surface area contributed by atoms with Crippen LogP contribution in [-0.4, -0.2) is 52.5 Å². The third-order valence-electron chi connectivity index (χ3n) is 5.34. The van der Waals surface area contributed by atoms with E-state index >= 15 is 4.39 Å². The summed E-state index contributed by atoms with van der Waals surface area (Å²) in [6.45, 7) is 4.10. The topological polar surface area (TPSA) is 105 Å². The van der Waals surface area contributed by atoms with Crippen LogP contribution in [0, 0.1) is 19.7 Å². The molecule has 1 aromatic carbocycles. The molecule has 0 radical (unpaired) electrons. The number of aliphatic hydroxyl groups excluding tert-OH is 1. The summed E-state index contributed by atoms with van der Waals surface area (Å²) < 4.78 is 26.5. The minimum Gasteiger partial charge on any atom is -0.485 e. The molecule has 1 fully saturated rings. The molecular weight excluding hydrogens is 425 g/mol. The Morgan fingerprint density at radius 2 is 2.26 bits per heavy atom. The molecule has 3 aromatic rings. The molecule has 2 N–H and O–H groups in total. The van der Waals surface area contributed by atoms with E-state index in [1.807, 2.05) is 6.92 Å². The van der Waals surface area contributed by atoms with Gasteiger partial charge in [0, 0.05) is 13.1 Å². The van der Waals surface area contributed by atoms with Gasteiger partial charge in [-0.15, -0.1) is 11.3 Å². The Bertz CT molecular complexity index is 1140. The quantitative estimate of drug-likeness (QED) is 0.577. The van der Waals surface area contributed by atoms with Crippen LogP contribution >= 0.6 is 11.3 Å². The second-order valence-electron chi connectivity index (χ2n) is 7.30. The highest BCUT2D eigenvalue weighted by Crippen LogP contribution is 2.34. The molecule has 1 saturated heterocycles. The van der Waals surface area contributed by atoms with E-state index in [1.165, 1.54) is 22.3 Å². The summed E-state index contributed by atoms with van der Waals surface area (Å²) in [5.74, 6) is -1.30. The maximum absolute atomic E-state index is 15.3. The molecule has 1 aliphatic heterocycles. The zero-order valence-corrected chi connectivity index (χ0v) is 17.9. The van der Waals surface area contributed by atoms with E-state index in [9.17, 15) is 9.59 Å². The van der Waals surface area contributed by atoms with E-state index in [1.54, 1.807) is 18.5 Å². The van der Waals surface area contributed by atoms with Gasteiger partial charge in [-0.2, -0.15) is 0 Å². The number of nitrogens with zero attached hydrogens (tertiary/aromatic N) is 2. The number of nitrogens with one attached hydrogen (secondary N) is 1. The van der Waals surface area contributed by atoms with Crippen LogP contribution < -0.4 is 10.1 Å². The van der Waals surface area contributed by atoms with Crippen LogP contribution in [0.1, 0.15) is 33.1 Å². The lowest BCUT2D eigenvalue weighted by atomic mass is 10.1. The first-order valence-corrected chi connectivity index (χ1v) is 10.7. The summed E-state index contributed by atoms with van der Waals surface area (Å²) >= 11 is 1.42. The lowest BCUT2D eigenvalue weighted by Gasteiger charge is -2.15. The highest BCUT2D eigenvalue weighted by molar-refractivity contribution is 7.09. The Morgan fingerprint density at radius 3 is 2.97 bits per heavy atom. The molecule has 1 atom stereocenters. The Kier molecular flexibility index (Phi) is 5.92. The minimum atomic E-state index is -0.722.